The van der Waals surface area contributed by atoms with Crippen LogP contribution in [-0.4, -0.2) is 5.91 Å². The molecule has 0 fully saturated rings. The SMILES string of the molecule is CCC(=O)NCc1cccc(OCc2ccccc2)c1. The topological polar surface area (TPSA) is 38.3 Å². The molecule has 0 atom stereocenters. The van der Waals surface area contributed by atoms with Gasteiger partial charge < -0.3 is 10.1 Å². The quantitative estimate of drug-likeness (QED) is 0.874. The van der Waals surface area contributed by atoms with Crippen LogP contribution in [0.15, 0.2) is 54.6 Å². The van der Waals surface area contributed by atoms with Crippen molar-refractivity contribution in [1.82, 2.24) is 5.32 Å². The average molecular weight is 269 g/mol. The van der Waals surface area contributed by atoms with Crippen LogP contribution in [0.1, 0.15) is 24.5 Å². The Morgan fingerprint density at radius 2 is 1.80 bits per heavy atom. The molecule has 3 nitrogen and oxygen atoms in total. The maximum Gasteiger partial charge on any atom is 0.219 e. The van der Waals surface area contributed by atoms with E-state index in [-0.39, 0.29) is 5.91 Å². The average Bonchev–Trinajstić information content (AvgIpc) is 2.52. The van der Waals surface area contributed by atoms with Gasteiger partial charge in [-0.2, -0.15) is 0 Å². The van der Waals surface area contributed by atoms with E-state index in [0.29, 0.717) is 19.6 Å². The second-order valence-corrected chi connectivity index (χ2v) is 4.55. The van der Waals surface area contributed by atoms with Crippen LogP contribution in [0.25, 0.3) is 0 Å². The van der Waals surface area contributed by atoms with E-state index in [2.05, 4.69) is 5.32 Å². The smallest absolute Gasteiger partial charge is 0.219 e. The number of hydrogen-bond donors (Lipinski definition) is 1. The molecule has 2 aromatic carbocycles. The zero-order chi connectivity index (χ0) is 14.2. The number of ether oxygens (including phenoxy) is 1. The number of nitrogens with one attached hydrogen (secondary N) is 1. The van der Waals surface area contributed by atoms with E-state index in [9.17, 15) is 4.79 Å². The van der Waals surface area contributed by atoms with Crippen molar-refractivity contribution in [3.05, 3.63) is 65.7 Å². The van der Waals surface area contributed by atoms with Gasteiger partial charge in [-0.1, -0.05) is 49.4 Å². The zero-order valence-electron chi connectivity index (χ0n) is 11.6. The molecule has 0 aromatic heterocycles. The fourth-order valence-corrected chi connectivity index (χ4v) is 1.81. The van der Waals surface area contributed by atoms with E-state index >= 15 is 0 Å². The molecule has 0 saturated carbocycles. The van der Waals surface area contributed by atoms with Crippen molar-refractivity contribution in [3.63, 3.8) is 0 Å². The summed E-state index contributed by atoms with van der Waals surface area (Å²) in [4.78, 5) is 11.2. The van der Waals surface area contributed by atoms with Crippen molar-refractivity contribution in [3.8, 4) is 5.75 Å². The molecule has 0 radical (unpaired) electrons. The molecule has 0 spiro atoms. The minimum atomic E-state index is 0.0561. The molecule has 104 valence electrons. The molecule has 1 N–H and O–H groups in total. The lowest BCUT2D eigenvalue weighted by atomic mass is 10.2. The molecule has 2 rings (SSSR count). The van der Waals surface area contributed by atoms with E-state index in [4.69, 9.17) is 4.74 Å². The second-order valence-electron chi connectivity index (χ2n) is 4.55. The standard InChI is InChI=1S/C17H19NO2/c1-2-17(19)18-12-15-9-6-10-16(11-15)20-13-14-7-4-3-5-8-14/h3-11H,2,12-13H2,1H3,(H,18,19). The van der Waals surface area contributed by atoms with Gasteiger partial charge in [0.2, 0.25) is 5.91 Å². The first-order chi connectivity index (χ1) is 9.78. The maximum absolute atomic E-state index is 11.2. The highest BCUT2D eigenvalue weighted by Crippen LogP contribution is 2.15. The van der Waals surface area contributed by atoms with E-state index in [0.717, 1.165) is 16.9 Å². The third-order valence-electron chi connectivity index (χ3n) is 2.96. The van der Waals surface area contributed by atoms with Gasteiger partial charge in [-0.15, -0.1) is 0 Å². The summed E-state index contributed by atoms with van der Waals surface area (Å²) in [6.45, 7) is 2.93. The normalized spacial score (nSPS) is 10.1. The van der Waals surface area contributed by atoms with Crippen molar-refractivity contribution >= 4 is 5.91 Å². The second kappa shape index (κ2) is 7.34. The van der Waals surface area contributed by atoms with Crippen LogP contribution in [0.5, 0.6) is 5.75 Å². The lowest BCUT2D eigenvalue weighted by molar-refractivity contribution is -0.120. The van der Waals surface area contributed by atoms with Crippen molar-refractivity contribution in [2.24, 2.45) is 0 Å². The minimum absolute atomic E-state index is 0.0561. The molecule has 1 amide bonds. The molecule has 2 aromatic rings. The molecule has 20 heavy (non-hydrogen) atoms. The van der Waals surface area contributed by atoms with Gasteiger partial charge in [-0.25, -0.2) is 0 Å². The van der Waals surface area contributed by atoms with Crippen LogP contribution >= 0.6 is 0 Å². The number of rotatable bonds is 6. The van der Waals surface area contributed by atoms with Gasteiger partial charge in [0.15, 0.2) is 0 Å². The summed E-state index contributed by atoms with van der Waals surface area (Å²) >= 11 is 0. The van der Waals surface area contributed by atoms with Gasteiger partial charge in [-0.3, -0.25) is 4.79 Å². The van der Waals surface area contributed by atoms with Crippen LogP contribution in [0.4, 0.5) is 0 Å². The minimum Gasteiger partial charge on any atom is -0.489 e. The van der Waals surface area contributed by atoms with Gasteiger partial charge >= 0.3 is 0 Å². The lowest BCUT2D eigenvalue weighted by Gasteiger charge is -2.09. The van der Waals surface area contributed by atoms with Crippen LogP contribution < -0.4 is 10.1 Å². The number of carbonyl (C=O) groups is 1. The van der Waals surface area contributed by atoms with Crippen molar-refractivity contribution in [1.29, 1.82) is 0 Å². The first-order valence-corrected chi connectivity index (χ1v) is 6.80. The number of hydrogen-bond acceptors (Lipinski definition) is 2. The Kier molecular flexibility index (Phi) is 5.18. The molecular formula is C17H19NO2. The van der Waals surface area contributed by atoms with Crippen LogP contribution in [0.3, 0.4) is 0 Å². The molecule has 0 bridgehead atoms. The molecule has 0 saturated heterocycles. The predicted molar refractivity (Wildman–Crippen MR) is 79.4 cm³/mol. The number of amides is 1. The lowest BCUT2D eigenvalue weighted by Crippen LogP contribution is -2.21. The fourth-order valence-electron chi connectivity index (χ4n) is 1.81. The monoisotopic (exact) mass is 269 g/mol. The predicted octanol–water partition coefficient (Wildman–Crippen LogP) is 3.29. The van der Waals surface area contributed by atoms with Gasteiger partial charge in [-0.05, 0) is 23.3 Å². The van der Waals surface area contributed by atoms with Crippen LogP contribution in [0, 0.1) is 0 Å². The van der Waals surface area contributed by atoms with Gasteiger partial charge in [0.05, 0.1) is 0 Å². The Morgan fingerprint density at radius 1 is 1.05 bits per heavy atom. The molecule has 0 heterocycles. The van der Waals surface area contributed by atoms with Crippen molar-refractivity contribution in [2.45, 2.75) is 26.5 Å². The Labute approximate surface area is 119 Å². The Balaban J connectivity index is 1.90. The van der Waals surface area contributed by atoms with Crippen molar-refractivity contribution < 1.29 is 9.53 Å². The third-order valence-corrected chi connectivity index (χ3v) is 2.96. The molecule has 0 unspecified atom stereocenters. The van der Waals surface area contributed by atoms with Gasteiger partial charge in [0.1, 0.15) is 12.4 Å². The highest BCUT2D eigenvalue weighted by atomic mass is 16.5. The van der Waals surface area contributed by atoms with Gasteiger partial charge in [0, 0.05) is 13.0 Å². The number of carbonyl (C=O) groups excluding carboxylic acids is 1. The summed E-state index contributed by atoms with van der Waals surface area (Å²) in [5.41, 5.74) is 2.18. The van der Waals surface area contributed by atoms with E-state index in [1.165, 1.54) is 0 Å². The van der Waals surface area contributed by atoms with E-state index in [1.807, 2.05) is 61.5 Å². The third kappa shape index (κ3) is 4.43. The Hall–Kier alpha value is -2.29. The Bertz CT molecular complexity index is 552. The Morgan fingerprint density at radius 3 is 2.55 bits per heavy atom. The highest BCUT2D eigenvalue weighted by Gasteiger charge is 2.00. The molecule has 0 aliphatic carbocycles. The highest BCUT2D eigenvalue weighted by molar-refractivity contribution is 5.75. The zero-order valence-corrected chi connectivity index (χ0v) is 11.6. The molecular weight excluding hydrogens is 250 g/mol. The summed E-state index contributed by atoms with van der Waals surface area (Å²) < 4.78 is 5.75. The molecule has 3 heteroatoms. The maximum atomic E-state index is 11.2. The summed E-state index contributed by atoms with van der Waals surface area (Å²) in [6, 6.07) is 17.8. The largest absolute Gasteiger partial charge is 0.489 e. The van der Waals surface area contributed by atoms with Crippen LogP contribution in [0.2, 0.25) is 0 Å². The first-order valence-electron chi connectivity index (χ1n) is 6.80. The van der Waals surface area contributed by atoms with E-state index < -0.39 is 0 Å². The summed E-state index contributed by atoms with van der Waals surface area (Å²) in [5, 5.41) is 2.86. The number of benzene rings is 2. The first kappa shape index (κ1) is 14.1. The van der Waals surface area contributed by atoms with Crippen LogP contribution in [-0.2, 0) is 17.9 Å². The van der Waals surface area contributed by atoms with E-state index in [1.54, 1.807) is 0 Å². The summed E-state index contributed by atoms with van der Waals surface area (Å²) in [5.74, 6) is 0.873. The molecule has 0 aliphatic heterocycles. The summed E-state index contributed by atoms with van der Waals surface area (Å²) in [7, 11) is 0. The van der Waals surface area contributed by atoms with Gasteiger partial charge in [0.25, 0.3) is 0 Å². The van der Waals surface area contributed by atoms with Crippen molar-refractivity contribution in [2.75, 3.05) is 0 Å². The molecule has 0 aliphatic rings. The summed E-state index contributed by atoms with van der Waals surface area (Å²) in [6.07, 6.45) is 0.504. The fraction of sp³-hybridized carbons (Fsp3) is 0.235.